The second-order valence-corrected chi connectivity index (χ2v) is 6.39. The molecule has 0 saturated carbocycles. The van der Waals surface area contributed by atoms with E-state index in [1.807, 2.05) is 6.92 Å². The molecule has 2 heterocycles. The summed E-state index contributed by atoms with van der Waals surface area (Å²) in [4.78, 5) is 9.56. The van der Waals surface area contributed by atoms with Gasteiger partial charge in [0, 0.05) is 13.0 Å². The quantitative estimate of drug-likeness (QED) is 0.522. The van der Waals surface area contributed by atoms with E-state index in [1.54, 1.807) is 33.1 Å². The van der Waals surface area contributed by atoms with Crippen molar-refractivity contribution in [1.29, 1.82) is 0 Å². The molecule has 18 heavy (non-hydrogen) atoms. The van der Waals surface area contributed by atoms with Gasteiger partial charge in [-0.05, 0) is 12.5 Å². The van der Waals surface area contributed by atoms with E-state index in [2.05, 4.69) is 9.97 Å². The van der Waals surface area contributed by atoms with Crippen LogP contribution in [0.1, 0.15) is 12.0 Å². The van der Waals surface area contributed by atoms with Gasteiger partial charge in [0.1, 0.15) is 9.52 Å². The van der Waals surface area contributed by atoms with Crippen LogP contribution in [0.25, 0.3) is 10.6 Å². The Bertz CT molecular complexity index is 580. The van der Waals surface area contributed by atoms with Crippen LogP contribution in [-0.4, -0.2) is 28.3 Å². The van der Waals surface area contributed by atoms with E-state index in [1.165, 1.54) is 0 Å². The maximum absolute atomic E-state index is 8.69. The molecule has 0 aliphatic carbocycles. The van der Waals surface area contributed by atoms with Crippen molar-refractivity contribution in [2.75, 3.05) is 13.2 Å². The van der Waals surface area contributed by atoms with Crippen molar-refractivity contribution in [3.05, 3.63) is 21.8 Å². The fourth-order valence-electron chi connectivity index (χ4n) is 1.30. The van der Waals surface area contributed by atoms with Crippen LogP contribution in [0.15, 0.2) is 12.4 Å². The van der Waals surface area contributed by atoms with Gasteiger partial charge < -0.3 is 9.84 Å². The standard InChI is InChI=1S/C11H12N2O2S3/c1-7-10(17-18-11(7)16)8-5-12-6-9(13-8)15-4-2-3-14/h5-6,14H,2-4H2,1H3. The maximum atomic E-state index is 8.69. The molecule has 0 atom stereocenters. The molecule has 2 rings (SSSR count). The normalized spacial score (nSPS) is 10.6. The molecule has 2 aromatic heterocycles. The summed E-state index contributed by atoms with van der Waals surface area (Å²) >= 11 is 5.21. The van der Waals surface area contributed by atoms with Gasteiger partial charge >= 0.3 is 0 Å². The Morgan fingerprint density at radius 1 is 1.39 bits per heavy atom. The smallest absolute Gasteiger partial charge is 0.232 e. The number of rotatable bonds is 5. The zero-order valence-electron chi connectivity index (χ0n) is 9.75. The zero-order chi connectivity index (χ0) is 13.0. The maximum Gasteiger partial charge on any atom is 0.232 e. The Kier molecular flexibility index (Phi) is 4.76. The average Bonchev–Trinajstić information content (AvgIpc) is 2.71. The monoisotopic (exact) mass is 300 g/mol. The van der Waals surface area contributed by atoms with Crippen LogP contribution in [0, 0.1) is 10.7 Å². The topological polar surface area (TPSA) is 55.2 Å². The summed E-state index contributed by atoms with van der Waals surface area (Å²) in [6, 6.07) is 0. The van der Waals surface area contributed by atoms with Crippen molar-refractivity contribution in [2.45, 2.75) is 13.3 Å². The molecular formula is C11H12N2O2S3. The van der Waals surface area contributed by atoms with Crippen LogP contribution in [0.4, 0.5) is 0 Å². The van der Waals surface area contributed by atoms with E-state index in [-0.39, 0.29) is 6.61 Å². The molecule has 0 spiro atoms. The summed E-state index contributed by atoms with van der Waals surface area (Å²) in [6.07, 6.45) is 3.86. The molecular weight excluding hydrogens is 288 g/mol. The summed E-state index contributed by atoms with van der Waals surface area (Å²) in [7, 11) is 3.17. The first kappa shape index (κ1) is 13.5. The summed E-state index contributed by atoms with van der Waals surface area (Å²) in [5.74, 6) is 0.477. The fourth-order valence-corrected chi connectivity index (χ4v) is 4.12. The van der Waals surface area contributed by atoms with Crippen LogP contribution in [0.3, 0.4) is 0 Å². The van der Waals surface area contributed by atoms with E-state index in [9.17, 15) is 0 Å². The number of hydrogen-bond acceptors (Lipinski definition) is 7. The third kappa shape index (κ3) is 3.11. The van der Waals surface area contributed by atoms with Crippen molar-refractivity contribution in [2.24, 2.45) is 0 Å². The lowest BCUT2D eigenvalue weighted by molar-refractivity contribution is 0.229. The van der Waals surface area contributed by atoms with Gasteiger partial charge in [0.25, 0.3) is 0 Å². The molecule has 0 radical (unpaired) electrons. The van der Waals surface area contributed by atoms with Gasteiger partial charge in [0.2, 0.25) is 5.88 Å². The van der Waals surface area contributed by atoms with Gasteiger partial charge in [-0.2, -0.15) is 0 Å². The molecule has 0 aliphatic rings. The lowest BCUT2D eigenvalue weighted by atomic mass is 10.2. The van der Waals surface area contributed by atoms with Crippen molar-refractivity contribution >= 4 is 32.9 Å². The minimum atomic E-state index is 0.109. The highest BCUT2D eigenvalue weighted by atomic mass is 32.9. The fraction of sp³-hybridized carbons (Fsp3) is 0.364. The largest absolute Gasteiger partial charge is 0.476 e. The van der Waals surface area contributed by atoms with Gasteiger partial charge in [0.15, 0.2) is 0 Å². The Balaban J connectivity index is 2.22. The van der Waals surface area contributed by atoms with Gasteiger partial charge in [0.05, 0.1) is 23.9 Å². The molecule has 0 bridgehead atoms. The van der Waals surface area contributed by atoms with Crippen molar-refractivity contribution in [3.8, 4) is 16.5 Å². The third-order valence-electron chi connectivity index (χ3n) is 2.24. The summed E-state index contributed by atoms with van der Waals surface area (Å²) in [6.45, 7) is 2.54. The second-order valence-electron chi connectivity index (χ2n) is 3.58. The van der Waals surface area contributed by atoms with Gasteiger partial charge in [-0.1, -0.05) is 32.9 Å². The molecule has 0 aromatic carbocycles. The number of aliphatic hydroxyl groups is 1. The van der Waals surface area contributed by atoms with Crippen LogP contribution >= 0.6 is 32.9 Å². The van der Waals surface area contributed by atoms with Crippen LogP contribution in [0.5, 0.6) is 5.88 Å². The van der Waals surface area contributed by atoms with E-state index >= 15 is 0 Å². The Morgan fingerprint density at radius 3 is 2.89 bits per heavy atom. The molecule has 7 heteroatoms. The SMILES string of the molecule is Cc1c(-c2cncc(OCCCO)n2)ssc1=S. The Morgan fingerprint density at radius 2 is 2.22 bits per heavy atom. The minimum Gasteiger partial charge on any atom is -0.476 e. The van der Waals surface area contributed by atoms with Gasteiger partial charge in [-0.3, -0.25) is 4.98 Å². The second kappa shape index (κ2) is 6.33. The molecule has 0 saturated heterocycles. The lowest BCUT2D eigenvalue weighted by Gasteiger charge is -2.05. The van der Waals surface area contributed by atoms with Crippen molar-refractivity contribution < 1.29 is 9.84 Å². The number of hydrogen-bond donors (Lipinski definition) is 1. The van der Waals surface area contributed by atoms with E-state index < -0.39 is 0 Å². The molecule has 0 amide bonds. The van der Waals surface area contributed by atoms with Crippen LogP contribution in [0.2, 0.25) is 0 Å². The Labute approximate surface area is 117 Å². The summed E-state index contributed by atoms with van der Waals surface area (Å²) in [5.41, 5.74) is 1.85. The summed E-state index contributed by atoms with van der Waals surface area (Å²) in [5, 5.41) is 8.69. The predicted molar refractivity (Wildman–Crippen MR) is 76.0 cm³/mol. The van der Waals surface area contributed by atoms with Crippen molar-refractivity contribution in [3.63, 3.8) is 0 Å². The first-order chi connectivity index (χ1) is 8.72. The average molecular weight is 300 g/mol. The van der Waals surface area contributed by atoms with Crippen LogP contribution < -0.4 is 4.74 Å². The number of aliphatic hydroxyl groups excluding tert-OH is 1. The van der Waals surface area contributed by atoms with Crippen LogP contribution in [-0.2, 0) is 0 Å². The Hall–Kier alpha value is -0.890. The molecule has 0 unspecified atom stereocenters. The highest BCUT2D eigenvalue weighted by molar-refractivity contribution is 7.80. The molecule has 4 nitrogen and oxygen atoms in total. The first-order valence-corrected chi connectivity index (χ1v) is 7.94. The minimum absolute atomic E-state index is 0.109. The van der Waals surface area contributed by atoms with E-state index in [0.29, 0.717) is 18.9 Å². The first-order valence-electron chi connectivity index (χ1n) is 5.38. The summed E-state index contributed by atoms with van der Waals surface area (Å²) < 4.78 is 6.30. The number of aromatic nitrogens is 2. The van der Waals surface area contributed by atoms with E-state index in [4.69, 9.17) is 22.1 Å². The zero-order valence-corrected chi connectivity index (χ0v) is 12.2. The van der Waals surface area contributed by atoms with Crippen molar-refractivity contribution in [1.82, 2.24) is 9.97 Å². The number of nitrogens with zero attached hydrogens (tertiary/aromatic N) is 2. The van der Waals surface area contributed by atoms with Gasteiger partial charge in [-0.15, -0.1) is 0 Å². The third-order valence-corrected chi connectivity index (χ3v) is 5.59. The lowest BCUT2D eigenvalue weighted by Crippen LogP contribution is -2.02. The highest BCUT2D eigenvalue weighted by Gasteiger charge is 2.09. The molecule has 0 aliphatic heterocycles. The van der Waals surface area contributed by atoms with Gasteiger partial charge in [-0.25, -0.2) is 4.98 Å². The molecule has 2 aromatic rings. The molecule has 1 N–H and O–H groups in total. The van der Waals surface area contributed by atoms with E-state index in [0.717, 1.165) is 20.0 Å². The number of ether oxygens (including phenoxy) is 1. The molecule has 96 valence electrons. The predicted octanol–water partition coefficient (Wildman–Crippen LogP) is 3.07. The molecule has 0 fully saturated rings. The highest BCUT2D eigenvalue weighted by Crippen LogP contribution is 2.32.